The fourth-order valence-electron chi connectivity index (χ4n) is 1.92. The molecule has 0 spiro atoms. The molecule has 0 radical (unpaired) electrons. The number of rotatable bonds is 5. The summed E-state index contributed by atoms with van der Waals surface area (Å²) < 4.78 is 0. The zero-order valence-electron chi connectivity index (χ0n) is 12.4. The van der Waals surface area contributed by atoms with E-state index in [-0.39, 0.29) is 11.7 Å². The van der Waals surface area contributed by atoms with Gasteiger partial charge in [-0.25, -0.2) is 4.98 Å². The Hall–Kier alpha value is -2.15. The van der Waals surface area contributed by atoms with Crippen LogP contribution < -0.4 is 15.5 Å². The first kappa shape index (κ1) is 15.2. The molecule has 2 aromatic rings. The van der Waals surface area contributed by atoms with E-state index in [1.165, 1.54) is 16.2 Å². The number of nitrogens with two attached hydrogens (primary N) is 1. The van der Waals surface area contributed by atoms with Crippen LogP contribution in [0.1, 0.15) is 23.5 Å². The molecule has 0 saturated carbocycles. The van der Waals surface area contributed by atoms with Crippen molar-refractivity contribution in [2.45, 2.75) is 13.8 Å². The largest absolute Gasteiger partial charge is 0.382 e. The summed E-state index contributed by atoms with van der Waals surface area (Å²) in [5.74, 6) is 0.110. The van der Waals surface area contributed by atoms with Crippen molar-refractivity contribution < 1.29 is 4.79 Å². The third-order valence-corrected chi connectivity index (χ3v) is 4.33. The van der Waals surface area contributed by atoms with E-state index < -0.39 is 0 Å². The normalized spacial score (nSPS) is 10.4. The minimum absolute atomic E-state index is 0.170. The van der Waals surface area contributed by atoms with Gasteiger partial charge in [0.25, 0.3) is 5.91 Å². The lowest BCUT2D eigenvalue weighted by atomic mass is 10.3. The molecule has 0 aliphatic carbocycles. The summed E-state index contributed by atoms with van der Waals surface area (Å²) in [4.78, 5) is 24.9. The Balaban J connectivity index is 2.27. The van der Waals surface area contributed by atoms with Crippen LogP contribution in [0.25, 0.3) is 0 Å². The van der Waals surface area contributed by atoms with Crippen LogP contribution in [0, 0.1) is 0 Å². The lowest BCUT2D eigenvalue weighted by Crippen LogP contribution is -2.26. The molecule has 2 N–H and O–H groups in total. The molecule has 0 aliphatic rings. The van der Waals surface area contributed by atoms with Crippen LogP contribution >= 0.6 is 11.3 Å². The molecule has 0 bridgehead atoms. The molecule has 0 fully saturated rings. The molecule has 7 heteroatoms. The summed E-state index contributed by atoms with van der Waals surface area (Å²) in [6, 6.07) is 3.61. The number of nitrogen functional groups attached to an aromatic ring is 1. The van der Waals surface area contributed by atoms with Crippen LogP contribution in [0.2, 0.25) is 0 Å². The van der Waals surface area contributed by atoms with E-state index in [0.29, 0.717) is 4.88 Å². The van der Waals surface area contributed by atoms with Gasteiger partial charge < -0.3 is 15.5 Å². The van der Waals surface area contributed by atoms with Crippen molar-refractivity contribution in [2.24, 2.45) is 0 Å². The molecule has 0 aromatic carbocycles. The second-order valence-corrected chi connectivity index (χ2v) is 5.44. The van der Waals surface area contributed by atoms with Gasteiger partial charge in [-0.15, -0.1) is 0 Å². The number of hydrogen-bond acceptors (Lipinski definition) is 6. The monoisotopic (exact) mass is 305 g/mol. The minimum atomic E-state index is -0.170. The minimum Gasteiger partial charge on any atom is -0.382 e. The lowest BCUT2D eigenvalue weighted by Gasteiger charge is -2.17. The second-order valence-electron chi connectivity index (χ2n) is 4.46. The summed E-state index contributed by atoms with van der Waals surface area (Å²) >= 11 is 1.33. The van der Waals surface area contributed by atoms with Crippen molar-refractivity contribution in [2.75, 3.05) is 35.7 Å². The van der Waals surface area contributed by atoms with E-state index in [9.17, 15) is 4.79 Å². The zero-order valence-corrected chi connectivity index (χ0v) is 13.2. The highest BCUT2D eigenvalue weighted by Gasteiger charge is 2.22. The number of nitrogens with zero attached hydrogens (tertiary/aromatic N) is 4. The Bertz CT molecular complexity index is 609. The Kier molecular flexibility index (Phi) is 4.74. The second kappa shape index (κ2) is 6.53. The van der Waals surface area contributed by atoms with Gasteiger partial charge >= 0.3 is 0 Å². The molecule has 0 aliphatic heterocycles. The highest BCUT2D eigenvalue weighted by Crippen LogP contribution is 2.29. The fraction of sp³-hybridized carbons (Fsp3) is 0.357. The van der Waals surface area contributed by atoms with E-state index >= 15 is 0 Å². The van der Waals surface area contributed by atoms with E-state index in [2.05, 4.69) is 14.9 Å². The van der Waals surface area contributed by atoms with E-state index in [0.717, 1.165) is 23.9 Å². The van der Waals surface area contributed by atoms with E-state index in [1.807, 2.05) is 19.9 Å². The third kappa shape index (κ3) is 3.13. The average Bonchev–Trinajstić information content (AvgIpc) is 2.89. The topological polar surface area (TPSA) is 75.4 Å². The maximum Gasteiger partial charge on any atom is 0.272 e. The molecule has 2 rings (SSSR count). The number of pyridine rings is 1. The van der Waals surface area contributed by atoms with Crippen LogP contribution in [0.3, 0.4) is 0 Å². The Morgan fingerprint density at radius 3 is 2.67 bits per heavy atom. The number of amides is 1. The van der Waals surface area contributed by atoms with E-state index in [4.69, 9.17) is 5.73 Å². The highest BCUT2D eigenvalue weighted by atomic mass is 32.1. The molecule has 1 amide bonds. The van der Waals surface area contributed by atoms with Gasteiger partial charge in [0.1, 0.15) is 10.7 Å². The average molecular weight is 305 g/mol. The first-order valence-corrected chi connectivity index (χ1v) is 7.59. The molecule has 21 heavy (non-hydrogen) atoms. The van der Waals surface area contributed by atoms with Crippen LogP contribution in [0.4, 0.5) is 16.6 Å². The number of carbonyl (C=O) groups is 1. The number of anilines is 3. The highest BCUT2D eigenvalue weighted by molar-refractivity contribution is 7.18. The Labute approximate surface area is 128 Å². The number of aromatic nitrogens is 2. The summed E-state index contributed by atoms with van der Waals surface area (Å²) in [6.45, 7) is 5.75. The van der Waals surface area contributed by atoms with Crippen LogP contribution in [-0.2, 0) is 0 Å². The third-order valence-electron chi connectivity index (χ3n) is 3.21. The van der Waals surface area contributed by atoms with Crippen molar-refractivity contribution in [3.05, 3.63) is 29.4 Å². The first-order chi connectivity index (χ1) is 10.1. The summed E-state index contributed by atoms with van der Waals surface area (Å²) in [5.41, 5.74) is 6.64. The first-order valence-electron chi connectivity index (χ1n) is 6.77. The van der Waals surface area contributed by atoms with Crippen molar-refractivity contribution in [1.29, 1.82) is 0 Å². The lowest BCUT2D eigenvalue weighted by molar-refractivity contribution is 0.0997. The van der Waals surface area contributed by atoms with Gasteiger partial charge in [0, 0.05) is 26.3 Å². The quantitative estimate of drug-likeness (QED) is 0.917. The van der Waals surface area contributed by atoms with Gasteiger partial charge in [0.05, 0.1) is 11.9 Å². The molecule has 0 saturated heterocycles. The molecule has 0 atom stereocenters. The van der Waals surface area contributed by atoms with Crippen LogP contribution in [-0.4, -0.2) is 36.0 Å². The van der Waals surface area contributed by atoms with Gasteiger partial charge in [-0.1, -0.05) is 11.3 Å². The van der Waals surface area contributed by atoms with Gasteiger partial charge in [0.2, 0.25) is 0 Å². The van der Waals surface area contributed by atoms with Crippen molar-refractivity contribution in [3.63, 3.8) is 0 Å². The standard InChI is InChI=1S/C14H19N5OS/c1-4-19(5-2)14-17-12(15)11(21-14)13(20)18(3)10-7-6-8-16-9-10/h6-9H,4-5,15H2,1-3H3. The van der Waals surface area contributed by atoms with Gasteiger partial charge in [-0.05, 0) is 26.0 Å². The maximum atomic E-state index is 12.5. The molecular formula is C14H19N5OS. The summed E-state index contributed by atoms with van der Waals surface area (Å²) in [5, 5.41) is 0.778. The number of carbonyl (C=O) groups excluding carboxylic acids is 1. The molecular weight excluding hydrogens is 286 g/mol. The van der Waals surface area contributed by atoms with Gasteiger partial charge in [0.15, 0.2) is 5.13 Å². The predicted octanol–water partition coefficient (Wildman–Crippen LogP) is 2.24. The summed E-state index contributed by atoms with van der Waals surface area (Å²) in [6.07, 6.45) is 3.31. The van der Waals surface area contributed by atoms with Crippen molar-refractivity contribution in [3.8, 4) is 0 Å². The molecule has 2 heterocycles. The van der Waals surface area contributed by atoms with Crippen LogP contribution in [0.5, 0.6) is 0 Å². The Morgan fingerprint density at radius 1 is 1.38 bits per heavy atom. The van der Waals surface area contributed by atoms with Crippen LogP contribution in [0.15, 0.2) is 24.5 Å². The Morgan fingerprint density at radius 2 is 2.10 bits per heavy atom. The predicted molar refractivity (Wildman–Crippen MR) is 87.1 cm³/mol. The van der Waals surface area contributed by atoms with E-state index in [1.54, 1.807) is 25.5 Å². The zero-order chi connectivity index (χ0) is 15.4. The molecule has 2 aromatic heterocycles. The molecule has 0 unspecified atom stereocenters. The summed E-state index contributed by atoms with van der Waals surface area (Å²) in [7, 11) is 1.70. The van der Waals surface area contributed by atoms with Crippen molar-refractivity contribution >= 4 is 33.9 Å². The van der Waals surface area contributed by atoms with Gasteiger partial charge in [-0.2, -0.15) is 0 Å². The number of hydrogen-bond donors (Lipinski definition) is 1. The molecule has 6 nitrogen and oxygen atoms in total. The van der Waals surface area contributed by atoms with Gasteiger partial charge in [-0.3, -0.25) is 9.78 Å². The number of thiazole rings is 1. The maximum absolute atomic E-state index is 12.5. The molecule has 112 valence electrons. The van der Waals surface area contributed by atoms with Crippen molar-refractivity contribution in [1.82, 2.24) is 9.97 Å². The smallest absolute Gasteiger partial charge is 0.272 e. The SMILES string of the molecule is CCN(CC)c1nc(N)c(C(=O)N(C)c2cccnc2)s1. The fourth-order valence-corrected chi connectivity index (χ4v) is 3.01.